The predicted molar refractivity (Wildman–Crippen MR) is 72.2 cm³/mol. The lowest BCUT2D eigenvalue weighted by molar-refractivity contribution is 0.0748. The third-order valence-corrected chi connectivity index (χ3v) is 4.90. The van der Waals surface area contributed by atoms with E-state index in [2.05, 4.69) is 31.9 Å². The molecule has 0 N–H and O–H groups in total. The van der Waals surface area contributed by atoms with E-state index in [0.29, 0.717) is 12.2 Å². The number of halogens is 2. The minimum Gasteiger partial charge on any atom is -0.373 e. The van der Waals surface area contributed by atoms with Gasteiger partial charge in [0.15, 0.2) is 5.78 Å². The molecular weight excluding hydrogens is 356 g/mol. The topological polar surface area (TPSA) is 26.3 Å². The molecule has 16 heavy (non-hydrogen) atoms. The molecule has 0 unspecified atom stereocenters. The first-order valence-electron chi connectivity index (χ1n) is 5.22. The van der Waals surface area contributed by atoms with Crippen molar-refractivity contribution in [2.45, 2.75) is 19.3 Å². The largest absolute Gasteiger partial charge is 0.373 e. The van der Waals surface area contributed by atoms with E-state index < -0.39 is 0 Å². The summed E-state index contributed by atoms with van der Waals surface area (Å²) in [6.07, 6.45) is 3.77. The van der Waals surface area contributed by atoms with E-state index in [9.17, 15) is 4.79 Å². The highest BCUT2D eigenvalue weighted by Gasteiger charge is 2.21. The maximum Gasteiger partial charge on any atom is 0.190 e. The van der Waals surface area contributed by atoms with Crippen molar-refractivity contribution in [2.24, 2.45) is 5.92 Å². The molecule has 1 saturated carbocycles. The van der Waals surface area contributed by atoms with Crippen LogP contribution in [0.3, 0.4) is 0 Å². The summed E-state index contributed by atoms with van der Waals surface area (Å²) in [5.41, 5.74) is 0.711. The van der Waals surface area contributed by atoms with Gasteiger partial charge in [-0.3, -0.25) is 4.79 Å². The maximum absolute atomic E-state index is 11.8. The molecule has 1 aliphatic carbocycles. The molecule has 5 heteroatoms. The van der Waals surface area contributed by atoms with Crippen LogP contribution in [0.2, 0.25) is 0 Å². The lowest BCUT2D eigenvalue weighted by Gasteiger charge is -2.02. The maximum atomic E-state index is 11.8. The zero-order chi connectivity index (χ0) is 11.5. The summed E-state index contributed by atoms with van der Waals surface area (Å²) >= 11 is 8.24. The van der Waals surface area contributed by atoms with E-state index in [1.54, 1.807) is 0 Å². The Morgan fingerprint density at radius 1 is 1.50 bits per heavy atom. The third kappa shape index (κ3) is 3.65. The molecule has 1 aromatic heterocycles. The number of carbonyl (C=O) groups is 1. The fourth-order valence-electron chi connectivity index (χ4n) is 1.43. The van der Waals surface area contributed by atoms with Crippen molar-refractivity contribution in [3.8, 4) is 0 Å². The van der Waals surface area contributed by atoms with E-state index in [-0.39, 0.29) is 12.4 Å². The Bertz CT molecular complexity index is 385. The van der Waals surface area contributed by atoms with E-state index in [0.717, 1.165) is 19.9 Å². The highest BCUT2D eigenvalue weighted by atomic mass is 79.9. The summed E-state index contributed by atoms with van der Waals surface area (Å²) in [6, 6.07) is 1.83. The van der Waals surface area contributed by atoms with Crippen LogP contribution in [0.1, 0.15) is 29.6 Å². The van der Waals surface area contributed by atoms with Crippen LogP contribution in [-0.4, -0.2) is 19.0 Å². The van der Waals surface area contributed by atoms with Gasteiger partial charge >= 0.3 is 0 Å². The summed E-state index contributed by atoms with van der Waals surface area (Å²) in [5, 5.41) is 0. The fourth-order valence-corrected chi connectivity index (χ4v) is 4.29. The SMILES string of the molecule is O=C(COCCC1CC1)c1cc(Br)sc1Br. The minimum atomic E-state index is 0.0459. The second kappa shape index (κ2) is 5.76. The van der Waals surface area contributed by atoms with Gasteiger partial charge in [-0.1, -0.05) is 12.8 Å². The molecule has 1 aliphatic rings. The van der Waals surface area contributed by atoms with Gasteiger partial charge in [-0.05, 0) is 50.3 Å². The van der Waals surface area contributed by atoms with E-state index >= 15 is 0 Å². The highest BCUT2D eigenvalue weighted by Crippen LogP contribution is 2.33. The minimum absolute atomic E-state index is 0.0459. The van der Waals surface area contributed by atoms with Crippen molar-refractivity contribution in [1.82, 2.24) is 0 Å². The molecule has 0 aliphatic heterocycles. The van der Waals surface area contributed by atoms with Gasteiger partial charge in [0, 0.05) is 12.2 Å². The summed E-state index contributed by atoms with van der Waals surface area (Å²) in [5.74, 6) is 0.904. The number of ketones is 1. The first-order valence-corrected chi connectivity index (χ1v) is 7.63. The van der Waals surface area contributed by atoms with Crippen molar-refractivity contribution in [3.05, 3.63) is 19.2 Å². The van der Waals surface area contributed by atoms with E-state index in [1.807, 2.05) is 6.07 Å². The van der Waals surface area contributed by atoms with Gasteiger partial charge in [0.25, 0.3) is 0 Å². The van der Waals surface area contributed by atoms with Gasteiger partial charge in [-0.25, -0.2) is 0 Å². The third-order valence-electron chi connectivity index (χ3n) is 2.56. The van der Waals surface area contributed by atoms with Crippen LogP contribution < -0.4 is 0 Å². The van der Waals surface area contributed by atoms with E-state index in [1.165, 1.54) is 24.2 Å². The van der Waals surface area contributed by atoms with Gasteiger partial charge in [0.1, 0.15) is 6.61 Å². The number of hydrogen-bond acceptors (Lipinski definition) is 3. The standard InChI is InChI=1S/C11H12Br2O2S/c12-10-5-8(11(13)16-10)9(14)6-15-4-3-7-1-2-7/h5,7H,1-4,6H2. The molecule has 0 atom stereocenters. The average Bonchev–Trinajstić information content (AvgIpc) is 2.98. The van der Waals surface area contributed by atoms with Crippen LogP contribution in [0.15, 0.2) is 13.6 Å². The number of carbonyl (C=O) groups excluding carboxylic acids is 1. The molecule has 1 heterocycles. The lowest BCUT2D eigenvalue weighted by Crippen LogP contribution is -2.09. The molecule has 0 radical (unpaired) electrons. The van der Waals surface area contributed by atoms with Gasteiger partial charge < -0.3 is 4.74 Å². The lowest BCUT2D eigenvalue weighted by atomic mass is 10.2. The van der Waals surface area contributed by atoms with Crippen molar-refractivity contribution in [3.63, 3.8) is 0 Å². The molecule has 0 amide bonds. The number of ether oxygens (including phenoxy) is 1. The highest BCUT2D eigenvalue weighted by molar-refractivity contribution is 9.12. The number of hydrogen-bond donors (Lipinski definition) is 0. The summed E-state index contributed by atoms with van der Waals surface area (Å²) in [7, 11) is 0. The molecule has 2 nitrogen and oxygen atoms in total. The van der Waals surface area contributed by atoms with Crippen molar-refractivity contribution >= 4 is 49.0 Å². The quantitative estimate of drug-likeness (QED) is 0.554. The Balaban J connectivity index is 1.75. The summed E-state index contributed by atoms with van der Waals surface area (Å²) < 4.78 is 7.21. The Hall–Kier alpha value is 0.290. The molecule has 0 bridgehead atoms. The molecular formula is C11H12Br2O2S. The van der Waals surface area contributed by atoms with E-state index in [4.69, 9.17) is 4.74 Å². The Labute approximate surface area is 116 Å². The number of rotatable bonds is 6. The molecule has 0 aromatic carbocycles. The second-order valence-electron chi connectivity index (χ2n) is 3.95. The monoisotopic (exact) mass is 366 g/mol. The zero-order valence-corrected chi connectivity index (χ0v) is 12.7. The summed E-state index contributed by atoms with van der Waals surface area (Å²) in [4.78, 5) is 11.8. The normalized spacial score (nSPS) is 15.4. The van der Waals surface area contributed by atoms with Gasteiger partial charge in [-0.2, -0.15) is 0 Å². The van der Waals surface area contributed by atoms with Gasteiger partial charge in [-0.15, -0.1) is 11.3 Å². The number of thiophene rings is 1. The zero-order valence-electron chi connectivity index (χ0n) is 8.67. The van der Waals surface area contributed by atoms with Crippen LogP contribution in [0, 0.1) is 5.92 Å². The van der Waals surface area contributed by atoms with Crippen LogP contribution in [0.25, 0.3) is 0 Å². The Morgan fingerprint density at radius 3 is 2.81 bits per heavy atom. The molecule has 88 valence electrons. The summed E-state index contributed by atoms with van der Waals surface area (Å²) in [6.45, 7) is 0.897. The van der Waals surface area contributed by atoms with Crippen molar-refractivity contribution in [1.29, 1.82) is 0 Å². The molecule has 0 saturated heterocycles. The van der Waals surface area contributed by atoms with Crippen LogP contribution in [0.5, 0.6) is 0 Å². The number of Topliss-reactive ketones (excluding diaryl/α,β-unsaturated/α-hetero) is 1. The molecule has 1 aromatic rings. The van der Waals surface area contributed by atoms with Crippen LogP contribution in [-0.2, 0) is 4.74 Å². The predicted octanol–water partition coefficient (Wildman–Crippen LogP) is 4.27. The molecule has 0 spiro atoms. The van der Waals surface area contributed by atoms with Gasteiger partial charge in [0.05, 0.1) is 7.57 Å². The molecule has 1 fully saturated rings. The second-order valence-corrected chi connectivity index (χ2v) is 7.70. The van der Waals surface area contributed by atoms with Crippen LogP contribution >= 0.6 is 43.2 Å². The van der Waals surface area contributed by atoms with Crippen LogP contribution in [0.4, 0.5) is 0 Å². The average molecular weight is 368 g/mol. The molecule has 2 rings (SSSR count). The first kappa shape index (κ1) is 12.7. The Morgan fingerprint density at radius 2 is 2.25 bits per heavy atom. The van der Waals surface area contributed by atoms with Gasteiger partial charge in [0.2, 0.25) is 0 Å². The fraction of sp³-hybridized carbons (Fsp3) is 0.545. The van der Waals surface area contributed by atoms with Crippen molar-refractivity contribution < 1.29 is 9.53 Å². The Kier molecular flexibility index (Phi) is 4.58. The smallest absolute Gasteiger partial charge is 0.190 e. The first-order chi connectivity index (χ1) is 7.66. The van der Waals surface area contributed by atoms with Crippen molar-refractivity contribution in [2.75, 3.05) is 13.2 Å².